The second kappa shape index (κ2) is 6.83. The number of halogens is 1. The van der Waals surface area contributed by atoms with Crippen LogP contribution in [-0.2, 0) is 0 Å². The molecule has 6 nitrogen and oxygen atoms in total. The number of carbonyl (C=O) groups excluding carboxylic acids is 1. The van der Waals surface area contributed by atoms with E-state index in [1.807, 2.05) is 20.8 Å². The van der Waals surface area contributed by atoms with Crippen molar-refractivity contribution in [2.24, 2.45) is 5.41 Å². The number of aryl methyl sites for hydroxylation is 1. The Hall–Kier alpha value is -2.02. The van der Waals surface area contributed by atoms with Gasteiger partial charge in [0.2, 0.25) is 0 Å². The van der Waals surface area contributed by atoms with E-state index >= 15 is 0 Å². The minimum absolute atomic E-state index is 0.0755. The molecular formula is C15H21FN2O4. The number of aliphatic hydroxyl groups excluding tert-OH is 1. The number of nitrogens with one attached hydrogen (secondary N) is 1. The zero-order valence-corrected chi connectivity index (χ0v) is 13.1. The molecule has 1 rings (SSSR count). The fourth-order valence-electron chi connectivity index (χ4n) is 2.31. The van der Waals surface area contributed by atoms with Gasteiger partial charge in [-0.1, -0.05) is 20.8 Å². The maximum atomic E-state index is 13.5. The standard InChI is InChI=1S/C15H21FN2O4/c1-9-5-10(16)6-12(13(9)18(21)22)14(20)17-11(8-19)7-15(2,3)4/h5-6,11,19H,7-8H2,1-4H3,(H,17,20). The molecular weight excluding hydrogens is 291 g/mol. The van der Waals surface area contributed by atoms with Gasteiger partial charge in [0.1, 0.15) is 11.4 Å². The lowest BCUT2D eigenvalue weighted by atomic mass is 9.88. The Bertz CT molecular complexity index is 582. The van der Waals surface area contributed by atoms with Gasteiger partial charge in [0.25, 0.3) is 11.6 Å². The number of hydrogen-bond acceptors (Lipinski definition) is 4. The van der Waals surface area contributed by atoms with Crippen molar-refractivity contribution in [2.75, 3.05) is 6.61 Å². The Morgan fingerprint density at radius 2 is 2.05 bits per heavy atom. The number of hydrogen-bond donors (Lipinski definition) is 2. The molecule has 1 aromatic carbocycles. The van der Waals surface area contributed by atoms with E-state index in [0.717, 1.165) is 12.1 Å². The number of carbonyl (C=O) groups is 1. The van der Waals surface area contributed by atoms with Crippen molar-refractivity contribution in [2.45, 2.75) is 40.2 Å². The van der Waals surface area contributed by atoms with Crippen molar-refractivity contribution in [1.82, 2.24) is 5.32 Å². The summed E-state index contributed by atoms with van der Waals surface area (Å²) in [5.41, 5.74) is -0.836. The number of aliphatic hydroxyl groups is 1. The van der Waals surface area contributed by atoms with E-state index < -0.39 is 28.4 Å². The van der Waals surface area contributed by atoms with E-state index in [1.54, 1.807) is 0 Å². The molecule has 1 atom stereocenters. The maximum Gasteiger partial charge on any atom is 0.285 e. The van der Waals surface area contributed by atoms with E-state index in [9.17, 15) is 24.4 Å². The van der Waals surface area contributed by atoms with Gasteiger partial charge in [0.05, 0.1) is 17.6 Å². The molecule has 0 aliphatic rings. The average Bonchev–Trinajstić information content (AvgIpc) is 2.34. The van der Waals surface area contributed by atoms with Crippen LogP contribution in [-0.4, -0.2) is 28.6 Å². The van der Waals surface area contributed by atoms with Crippen molar-refractivity contribution >= 4 is 11.6 Å². The number of nitro benzene ring substituents is 1. The monoisotopic (exact) mass is 312 g/mol. The van der Waals surface area contributed by atoms with Gasteiger partial charge in [0, 0.05) is 5.56 Å². The van der Waals surface area contributed by atoms with Crippen LogP contribution in [0.4, 0.5) is 10.1 Å². The van der Waals surface area contributed by atoms with E-state index in [1.165, 1.54) is 6.92 Å². The topological polar surface area (TPSA) is 92.5 Å². The predicted octanol–water partition coefficient (Wildman–Crippen LogP) is 2.57. The molecule has 0 bridgehead atoms. The molecule has 0 saturated heterocycles. The van der Waals surface area contributed by atoms with Crippen LogP contribution in [0.25, 0.3) is 0 Å². The first-order valence-corrected chi connectivity index (χ1v) is 6.91. The van der Waals surface area contributed by atoms with E-state index in [4.69, 9.17) is 0 Å². The molecule has 22 heavy (non-hydrogen) atoms. The van der Waals surface area contributed by atoms with Crippen LogP contribution in [0, 0.1) is 28.3 Å². The summed E-state index contributed by atoms with van der Waals surface area (Å²) in [6, 6.07) is 1.29. The molecule has 1 amide bonds. The summed E-state index contributed by atoms with van der Waals surface area (Å²) in [6.45, 7) is 6.89. The van der Waals surface area contributed by atoms with Crippen molar-refractivity contribution in [3.8, 4) is 0 Å². The van der Waals surface area contributed by atoms with E-state index in [2.05, 4.69) is 5.32 Å². The van der Waals surface area contributed by atoms with Crippen molar-refractivity contribution in [1.29, 1.82) is 0 Å². The van der Waals surface area contributed by atoms with Gasteiger partial charge < -0.3 is 10.4 Å². The number of benzene rings is 1. The second-order valence-electron chi connectivity index (χ2n) is 6.49. The third kappa shape index (κ3) is 4.77. The Morgan fingerprint density at radius 3 is 2.50 bits per heavy atom. The highest BCUT2D eigenvalue weighted by Crippen LogP contribution is 2.26. The number of amides is 1. The lowest BCUT2D eigenvalue weighted by Crippen LogP contribution is -2.40. The lowest BCUT2D eigenvalue weighted by molar-refractivity contribution is -0.385. The minimum atomic E-state index is -0.766. The first-order chi connectivity index (χ1) is 10.0. The van der Waals surface area contributed by atoms with Crippen LogP contribution in [0.1, 0.15) is 43.1 Å². The van der Waals surface area contributed by atoms with Crippen LogP contribution >= 0.6 is 0 Å². The van der Waals surface area contributed by atoms with Gasteiger partial charge >= 0.3 is 0 Å². The van der Waals surface area contributed by atoms with Crippen molar-refractivity contribution in [3.63, 3.8) is 0 Å². The highest BCUT2D eigenvalue weighted by molar-refractivity contribution is 5.98. The number of nitrogens with zero attached hydrogens (tertiary/aromatic N) is 1. The summed E-state index contributed by atoms with van der Waals surface area (Å²) < 4.78 is 13.5. The zero-order valence-electron chi connectivity index (χ0n) is 13.1. The number of rotatable bonds is 5. The Balaban J connectivity index is 3.10. The summed E-state index contributed by atoms with van der Waals surface area (Å²) in [4.78, 5) is 22.6. The van der Waals surface area contributed by atoms with Crippen molar-refractivity contribution in [3.05, 3.63) is 39.2 Å². The molecule has 0 fully saturated rings. The van der Waals surface area contributed by atoms with Gasteiger partial charge in [0.15, 0.2) is 0 Å². The van der Waals surface area contributed by atoms with E-state index in [0.29, 0.717) is 6.42 Å². The Labute approximate surface area is 128 Å². The molecule has 122 valence electrons. The zero-order chi connectivity index (χ0) is 17.1. The molecule has 2 N–H and O–H groups in total. The Kier molecular flexibility index (Phi) is 5.59. The van der Waals surface area contributed by atoms with Gasteiger partial charge in [-0.2, -0.15) is 0 Å². The molecule has 7 heteroatoms. The molecule has 0 spiro atoms. The number of nitro groups is 1. The van der Waals surface area contributed by atoms with Gasteiger partial charge in [-0.15, -0.1) is 0 Å². The van der Waals surface area contributed by atoms with Gasteiger partial charge in [-0.25, -0.2) is 4.39 Å². The largest absolute Gasteiger partial charge is 0.394 e. The first-order valence-electron chi connectivity index (χ1n) is 6.91. The maximum absolute atomic E-state index is 13.5. The second-order valence-corrected chi connectivity index (χ2v) is 6.49. The third-order valence-electron chi connectivity index (χ3n) is 3.11. The van der Waals surface area contributed by atoms with E-state index in [-0.39, 0.29) is 23.1 Å². The van der Waals surface area contributed by atoms with Crippen LogP contribution in [0.2, 0.25) is 0 Å². The summed E-state index contributed by atoms with van der Waals surface area (Å²) in [5.74, 6) is -1.48. The highest BCUT2D eigenvalue weighted by Gasteiger charge is 2.27. The summed E-state index contributed by atoms with van der Waals surface area (Å²) >= 11 is 0. The van der Waals surface area contributed by atoms with Gasteiger partial charge in [-0.05, 0) is 30.9 Å². The molecule has 0 aliphatic carbocycles. The molecule has 0 aromatic heterocycles. The normalized spacial score (nSPS) is 12.8. The summed E-state index contributed by atoms with van der Waals surface area (Å²) in [7, 11) is 0. The van der Waals surface area contributed by atoms with Crippen LogP contribution in [0.15, 0.2) is 12.1 Å². The highest BCUT2D eigenvalue weighted by atomic mass is 19.1. The van der Waals surface area contributed by atoms with Crippen LogP contribution in [0.5, 0.6) is 0 Å². The van der Waals surface area contributed by atoms with Crippen LogP contribution < -0.4 is 5.32 Å². The van der Waals surface area contributed by atoms with Crippen LogP contribution in [0.3, 0.4) is 0 Å². The van der Waals surface area contributed by atoms with Crippen molar-refractivity contribution < 1.29 is 19.2 Å². The fourth-order valence-corrected chi connectivity index (χ4v) is 2.31. The quantitative estimate of drug-likeness (QED) is 0.645. The molecule has 0 saturated carbocycles. The third-order valence-corrected chi connectivity index (χ3v) is 3.11. The minimum Gasteiger partial charge on any atom is -0.394 e. The van der Waals surface area contributed by atoms with Gasteiger partial charge in [-0.3, -0.25) is 14.9 Å². The summed E-state index contributed by atoms with van der Waals surface area (Å²) in [6.07, 6.45) is 0.483. The lowest BCUT2D eigenvalue weighted by Gasteiger charge is -2.25. The SMILES string of the molecule is Cc1cc(F)cc(C(=O)NC(CO)CC(C)(C)C)c1[N+](=O)[O-]. The molecule has 0 aliphatic heterocycles. The molecule has 0 radical (unpaired) electrons. The average molecular weight is 312 g/mol. The first kappa shape index (κ1) is 18.0. The smallest absolute Gasteiger partial charge is 0.285 e. The Morgan fingerprint density at radius 1 is 1.45 bits per heavy atom. The molecule has 1 aromatic rings. The predicted molar refractivity (Wildman–Crippen MR) is 80.2 cm³/mol. The molecule has 1 unspecified atom stereocenters. The summed E-state index contributed by atoms with van der Waals surface area (Å²) in [5, 5.41) is 23.0. The molecule has 0 heterocycles. The fraction of sp³-hybridized carbons (Fsp3) is 0.533.